The summed E-state index contributed by atoms with van der Waals surface area (Å²) in [5, 5.41) is 21.7. The van der Waals surface area contributed by atoms with Gasteiger partial charge in [-0.3, -0.25) is 4.79 Å². The highest BCUT2D eigenvalue weighted by Gasteiger charge is 2.60. The van der Waals surface area contributed by atoms with Gasteiger partial charge in [0.25, 0.3) is 0 Å². The second-order valence-electron chi connectivity index (χ2n) is 10.2. The van der Waals surface area contributed by atoms with E-state index < -0.39 is 5.60 Å². The van der Waals surface area contributed by atoms with Gasteiger partial charge in [0.1, 0.15) is 5.75 Å². The molecule has 2 saturated carbocycles. The minimum absolute atomic E-state index is 0.0707. The molecule has 3 nitrogen and oxygen atoms in total. The number of aryl methyl sites for hydroxylation is 1. The summed E-state index contributed by atoms with van der Waals surface area (Å²) in [4.78, 5) is 11.5. The van der Waals surface area contributed by atoms with Gasteiger partial charge in [-0.05, 0) is 92.0 Å². The van der Waals surface area contributed by atoms with Crippen LogP contribution in [0.25, 0.3) is 6.08 Å². The van der Waals surface area contributed by atoms with Gasteiger partial charge < -0.3 is 10.2 Å². The number of ketones is 1. The second kappa shape index (κ2) is 7.34. The molecule has 0 bridgehead atoms. The highest BCUT2D eigenvalue weighted by molar-refractivity contribution is 5.94. The normalized spacial score (nSPS) is 34.2. The minimum atomic E-state index is -0.795. The molecule has 0 aliphatic heterocycles. The van der Waals surface area contributed by atoms with Crippen LogP contribution in [0.4, 0.5) is 0 Å². The van der Waals surface area contributed by atoms with E-state index >= 15 is 0 Å². The van der Waals surface area contributed by atoms with Crippen molar-refractivity contribution < 1.29 is 15.0 Å². The van der Waals surface area contributed by atoms with Gasteiger partial charge in [0, 0.05) is 11.0 Å². The van der Waals surface area contributed by atoms with Crippen molar-refractivity contribution in [3.05, 3.63) is 70.8 Å². The van der Waals surface area contributed by atoms with Crippen LogP contribution in [0.15, 0.2) is 48.5 Å². The van der Waals surface area contributed by atoms with Crippen LogP contribution in [0.3, 0.4) is 0 Å². The number of aromatic hydroxyl groups is 1. The number of phenolic OH excluding ortho intramolecular Hbond substituents is 1. The van der Waals surface area contributed by atoms with E-state index in [0.29, 0.717) is 29.1 Å². The average Bonchev–Trinajstić information content (AvgIpc) is 3.03. The summed E-state index contributed by atoms with van der Waals surface area (Å²) in [5.74, 6) is 2.11. The SMILES string of the molecule is CC(=O)c1ccc(/C=C\[C@]2(O)CC[C@H]3[C@@H]4CCc5cc(O)ccc5[C@H]4CC[C@@]32C)cc1. The number of hydrogen-bond acceptors (Lipinski definition) is 3. The summed E-state index contributed by atoms with van der Waals surface area (Å²) >= 11 is 0. The van der Waals surface area contributed by atoms with Crippen molar-refractivity contribution in [2.24, 2.45) is 17.3 Å². The zero-order chi connectivity index (χ0) is 21.8. The summed E-state index contributed by atoms with van der Waals surface area (Å²) in [7, 11) is 0. The van der Waals surface area contributed by atoms with E-state index in [1.807, 2.05) is 48.6 Å². The molecule has 0 spiro atoms. The van der Waals surface area contributed by atoms with E-state index in [9.17, 15) is 15.0 Å². The molecule has 3 aliphatic rings. The van der Waals surface area contributed by atoms with Gasteiger partial charge in [-0.2, -0.15) is 0 Å². The molecule has 3 heteroatoms. The van der Waals surface area contributed by atoms with E-state index in [4.69, 9.17) is 0 Å². The van der Waals surface area contributed by atoms with Crippen molar-refractivity contribution in [1.82, 2.24) is 0 Å². The topological polar surface area (TPSA) is 57.5 Å². The van der Waals surface area contributed by atoms with Crippen molar-refractivity contribution in [3.63, 3.8) is 0 Å². The number of Topliss-reactive ketones (excluding diaryl/α,β-unsaturated/α-hetero) is 1. The smallest absolute Gasteiger partial charge is 0.159 e. The Morgan fingerprint density at radius 3 is 2.58 bits per heavy atom. The fourth-order valence-electron chi connectivity index (χ4n) is 6.96. The molecule has 5 rings (SSSR count). The number of carbonyl (C=O) groups excluding carboxylic acids is 1. The van der Waals surface area contributed by atoms with Crippen LogP contribution in [0.5, 0.6) is 5.75 Å². The predicted molar refractivity (Wildman–Crippen MR) is 123 cm³/mol. The van der Waals surface area contributed by atoms with Crippen molar-refractivity contribution in [2.75, 3.05) is 0 Å². The third-order valence-electron chi connectivity index (χ3n) is 8.79. The van der Waals surface area contributed by atoms with Gasteiger partial charge in [-0.15, -0.1) is 0 Å². The molecule has 2 N–H and O–H groups in total. The lowest BCUT2D eigenvalue weighted by Crippen LogP contribution is -2.49. The van der Waals surface area contributed by atoms with Crippen LogP contribution < -0.4 is 0 Å². The Bertz CT molecular complexity index is 1040. The highest BCUT2D eigenvalue weighted by Crippen LogP contribution is 2.64. The second-order valence-corrected chi connectivity index (χ2v) is 10.2. The fraction of sp³-hybridized carbons (Fsp3) is 0.464. The minimum Gasteiger partial charge on any atom is -0.508 e. The molecule has 5 atom stereocenters. The fourth-order valence-corrected chi connectivity index (χ4v) is 6.96. The molecule has 3 aliphatic carbocycles. The lowest BCUT2D eigenvalue weighted by Gasteiger charge is -2.52. The van der Waals surface area contributed by atoms with Crippen LogP contribution in [-0.2, 0) is 6.42 Å². The van der Waals surface area contributed by atoms with Crippen LogP contribution >= 0.6 is 0 Å². The summed E-state index contributed by atoms with van der Waals surface area (Å²) in [5.41, 5.74) is 3.56. The summed E-state index contributed by atoms with van der Waals surface area (Å²) < 4.78 is 0. The van der Waals surface area contributed by atoms with E-state index in [-0.39, 0.29) is 11.2 Å². The Balaban J connectivity index is 1.39. The van der Waals surface area contributed by atoms with E-state index in [0.717, 1.165) is 44.1 Å². The quantitative estimate of drug-likeness (QED) is 0.613. The van der Waals surface area contributed by atoms with Gasteiger partial charge in [-0.1, -0.05) is 49.4 Å². The molecule has 31 heavy (non-hydrogen) atoms. The number of fused-ring (bicyclic) bond motifs is 5. The van der Waals surface area contributed by atoms with Gasteiger partial charge in [0.05, 0.1) is 5.60 Å². The van der Waals surface area contributed by atoms with Gasteiger partial charge in [0.15, 0.2) is 5.78 Å². The zero-order valence-electron chi connectivity index (χ0n) is 18.5. The molecule has 0 aromatic heterocycles. The molecule has 2 fully saturated rings. The maximum atomic E-state index is 11.8. The van der Waals surface area contributed by atoms with Crippen molar-refractivity contribution in [3.8, 4) is 5.75 Å². The number of benzene rings is 2. The first-order valence-corrected chi connectivity index (χ1v) is 11.7. The van der Waals surface area contributed by atoms with Crippen LogP contribution in [0, 0.1) is 17.3 Å². The number of carbonyl (C=O) groups is 1. The zero-order valence-corrected chi connectivity index (χ0v) is 18.5. The first kappa shape index (κ1) is 20.5. The van der Waals surface area contributed by atoms with Gasteiger partial charge >= 0.3 is 0 Å². The maximum absolute atomic E-state index is 11.8. The molecule has 2 aromatic carbocycles. The molecule has 162 valence electrons. The molecule has 0 heterocycles. The molecule has 0 saturated heterocycles. The Morgan fingerprint density at radius 1 is 1.06 bits per heavy atom. The average molecular weight is 417 g/mol. The first-order valence-electron chi connectivity index (χ1n) is 11.7. The number of hydrogen-bond donors (Lipinski definition) is 2. The van der Waals surface area contributed by atoms with Crippen LogP contribution in [0.2, 0.25) is 0 Å². The van der Waals surface area contributed by atoms with Crippen LogP contribution in [0.1, 0.15) is 78.9 Å². The Hall–Kier alpha value is -2.39. The number of phenols is 1. The monoisotopic (exact) mass is 416 g/mol. The van der Waals surface area contributed by atoms with Gasteiger partial charge in [0.2, 0.25) is 0 Å². The summed E-state index contributed by atoms with van der Waals surface area (Å²) in [6.45, 7) is 3.88. The van der Waals surface area contributed by atoms with Crippen molar-refractivity contribution in [2.45, 2.75) is 63.9 Å². The highest BCUT2D eigenvalue weighted by atomic mass is 16.3. The largest absolute Gasteiger partial charge is 0.508 e. The molecule has 2 aromatic rings. The third-order valence-corrected chi connectivity index (χ3v) is 8.79. The predicted octanol–water partition coefficient (Wildman–Crippen LogP) is 5.90. The number of rotatable bonds is 3. The maximum Gasteiger partial charge on any atom is 0.159 e. The molecular formula is C28H32O3. The Labute approximate surface area is 184 Å². The molecule has 0 unspecified atom stereocenters. The van der Waals surface area contributed by atoms with E-state index in [1.165, 1.54) is 11.1 Å². The first-order chi connectivity index (χ1) is 14.8. The summed E-state index contributed by atoms with van der Waals surface area (Å²) in [6, 6.07) is 13.5. The Kier molecular flexibility index (Phi) is 4.86. The lowest BCUT2D eigenvalue weighted by molar-refractivity contribution is -0.0705. The standard InChI is InChI=1S/C28H32O3/c1-18(29)20-5-3-19(4-6-20)11-15-28(31)16-13-26-25-9-7-21-17-22(30)8-10-23(21)24(25)12-14-27(26,28)2/h3-6,8,10-11,15,17,24-26,30-31H,7,9,12-14,16H2,1-2H3/b15-11-/t24-,25-,26+,27+,28+/m1/s1. The molecule has 0 radical (unpaired) electrons. The summed E-state index contributed by atoms with van der Waals surface area (Å²) in [6.07, 6.45) is 10.2. The lowest BCUT2D eigenvalue weighted by atomic mass is 9.53. The van der Waals surface area contributed by atoms with E-state index in [2.05, 4.69) is 13.0 Å². The van der Waals surface area contributed by atoms with E-state index in [1.54, 1.807) is 6.92 Å². The van der Waals surface area contributed by atoms with Gasteiger partial charge in [-0.25, -0.2) is 0 Å². The van der Waals surface area contributed by atoms with Crippen LogP contribution in [-0.4, -0.2) is 21.6 Å². The van der Waals surface area contributed by atoms with Crippen molar-refractivity contribution in [1.29, 1.82) is 0 Å². The molecular weight excluding hydrogens is 384 g/mol. The Morgan fingerprint density at radius 2 is 1.84 bits per heavy atom. The molecule has 0 amide bonds. The number of aliphatic hydroxyl groups is 1. The van der Waals surface area contributed by atoms with Crippen molar-refractivity contribution >= 4 is 11.9 Å². The third kappa shape index (κ3) is 3.25.